The second-order valence-electron chi connectivity index (χ2n) is 5.17. The van der Waals surface area contributed by atoms with Gasteiger partial charge in [-0.05, 0) is 31.6 Å². The van der Waals surface area contributed by atoms with E-state index in [2.05, 4.69) is 11.0 Å². The maximum atomic E-state index is 9.57. The minimum atomic E-state index is -0.168. The van der Waals surface area contributed by atoms with Crippen molar-refractivity contribution in [2.24, 2.45) is 0 Å². The number of rotatable bonds is 2. The second-order valence-corrected chi connectivity index (χ2v) is 6.17. The van der Waals surface area contributed by atoms with E-state index in [9.17, 15) is 5.11 Å². The van der Waals surface area contributed by atoms with Crippen molar-refractivity contribution >= 4 is 22.0 Å². The third-order valence-corrected chi connectivity index (χ3v) is 4.99. The predicted molar refractivity (Wildman–Crippen MR) is 72.9 cm³/mol. The van der Waals surface area contributed by atoms with Gasteiger partial charge in [0.2, 0.25) is 0 Å². The van der Waals surface area contributed by atoms with Gasteiger partial charge in [-0.2, -0.15) is 5.26 Å². The minimum absolute atomic E-state index is 0.168. The Morgan fingerprint density at radius 2 is 1.94 bits per heavy atom. The first kappa shape index (κ1) is 11.8. The summed E-state index contributed by atoms with van der Waals surface area (Å²) in [5.74, 6) is 0.560. The lowest BCUT2D eigenvalue weighted by molar-refractivity contribution is 0.145. The van der Waals surface area contributed by atoms with Crippen LogP contribution in [-0.4, -0.2) is 24.3 Å². The zero-order valence-corrected chi connectivity index (χ0v) is 11.0. The molecule has 0 amide bonds. The molecule has 0 bridgehead atoms. The quantitative estimate of drug-likeness (QED) is 0.856. The van der Waals surface area contributed by atoms with E-state index in [-0.39, 0.29) is 6.10 Å². The molecule has 0 unspecified atom stereocenters. The number of nitrogens with two attached hydrogens (primary N) is 1. The van der Waals surface area contributed by atoms with Crippen LogP contribution in [0.3, 0.4) is 0 Å². The summed E-state index contributed by atoms with van der Waals surface area (Å²) in [7, 11) is 0. The van der Waals surface area contributed by atoms with E-state index in [1.54, 1.807) is 0 Å². The Labute approximate surface area is 111 Å². The number of aliphatic hydroxyl groups excluding tert-OH is 1. The first-order chi connectivity index (χ1) is 8.70. The smallest absolute Gasteiger partial charge is 0.130 e. The molecule has 1 aromatic rings. The fraction of sp³-hybridized carbons (Fsp3) is 0.615. The van der Waals surface area contributed by atoms with Gasteiger partial charge < -0.3 is 15.7 Å². The molecule has 0 radical (unpaired) electrons. The van der Waals surface area contributed by atoms with E-state index in [0.29, 0.717) is 16.5 Å². The molecule has 96 valence electrons. The van der Waals surface area contributed by atoms with Crippen LogP contribution in [0.5, 0.6) is 0 Å². The van der Waals surface area contributed by atoms with Crippen LogP contribution in [0.15, 0.2) is 0 Å². The Morgan fingerprint density at radius 3 is 2.50 bits per heavy atom. The van der Waals surface area contributed by atoms with E-state index >= 15 is 0 Å². The van der Waals surface area contributed by atoms with Gasteiger partial charge in [-0.1, -0.05) is 0 Å². The van der Waals surface area contributed by atoms with E-state index in [4.69, 9.17) is 11.0 Å². The molecule has 0 aromatic carbocycles. The summed E-state index contributed by atoms with van der Waals surface area (Å²) >= 11 is 1.52. The number of nitrogens with zero attached hydrogens (tertiary/aromatic N) is 2. The Bertz CT molecular complexity index is 493. The molecule has 1 aliphatic heterocycles. The van der Waals surface area contributed by atoms with Crippen molar-refractivity contribution in [3.05, 3.63) is 10.4 Å². The van der Waals surface area contributed by atoms with Gasteiger partial charge in [-0.3, -0.25) is 0 Å². The van der Waals surface area contributed by atoms with E-state index in [0.717, 1.165) is 25.9 Å². The van der Waals surface area contributed by atoms with Crippen LogP contribution in [0.4, 0.5) is 10.7 Å². The lowest BCUT2D eigenvalue weighted by Crippen LogP contribution is -2.35. The zero-order chi connectivity index (χ0) is 12.7. The maximum absolute atomic E-state index is 9.57. The maximum Gasteiger partial charge on any atom is 0.130 e. The van der Waals surface area contributed by atoms with Crippen molar-refractivity contribution in [2.75, 3.05) is 23.7 Å². The Kier molecular flexibility index (Phi) is 2.92. The van der Waals surface area contributed by atoms with Gasteiger partial charge in [0.15, 0.2) is 0 Å². The van der Waals surface area contributed by atoms with Crippen LogP contribution in [0.25, 0.3) is 0 Å². The molecular formula is C13H17N3OS. The van der Waals surface area contributed by atoms with Crippen molar-refractivity contribution in [3.63, 3.8) is 0 Å². The van der Waals surface area contributed by atoms with E-state index < -0.39 is 0 Å². The molecule has 2 fully saturated rings. The number of hydrogen-bond acceptors (Lipinski definition) is 5. The number of aliphatic hydroxyl groups is 1. The van der Waals surface area contributed by atoms with Crippen molar-refractivity contribution in [3.8, 4) is 6.07 Å². The topological polar surface area (TPSA) is 73.3 Å². The van der Waals surface area contributed by atoms with Crippen LogP contribution in [-0.2, 0) is 0 Å². The third-order valence-electron chi connectivity index (χ3n) is 3.80. The Balaban J connectivity index is 1.93. The first-order valence-electron chi connectivity index (χ1n) is 6.46. The highest BCUT2D eigenvalue weighted by atomic mass is 32.1. The normalized spacial score (nSPS) is 21.0. The lowest BCUT2D eigenvalue weighted by atomic mass is 10.1. The summed E-state index contributed by atoms with van der Waals surface area (Å²) in [5, 5.41) is 19.9. The SMILES string of the molecule is N#Cc1sc(N2CCC(O)CC2)c(C2CC2)c1N. The highest BCUT2D eigenvalue weighted by molar-refractivity contribution is 7.17. The van der Waals surface area contributed by atoms with Crippen molar-refractivity contribution in [2.45, 2.75) is 37.7 Å². The summed E-state index contributed by atoms with van der Waals surface area (Å²) in [6, 6.07) is 2.20. The molecule has 3 N–H and O–H groups in total. The van der Waals surface area contributed by atoms with Crippen LogP contribution in [0, 0.1) is 11.3 Å². The number of nitriles is 1. The highest BCUT2D eigenvalue weighted by Crippen LogP contribution is 2.52. The fourth-order valence-electron chi connectivity index (χ4n) is 2.60. The van der Waals surface area contributed by atoms with Gasteiger partial charge in [-0.15, -0.1) is 11.3 Å². The minimum Gasteiger partial charge on any atom is -0.397 e. The van der Waals surface area contributed by atoms with Gasteiger partial charge in [0.25, 0.3) is 0 Å². The number of piperidine rings is 1. The van der Waals surface area contributed by atoms with Crippen LogP contribution >= 0.6 is 11.3 Å². The van der Waals surface area contributed by atoms with Crippen LogP contribution < -0.4 is 10.6 Å². The summed E-state index contributed by atoms with van der Waals surface area (Å²) < 4.78 is 0. The molecule has 2 aliphatic rings. The lowest BCUT2D eigenvalue weighted by Gasteiger charge is -2.31. The number of thiophene rings is 1. The molecule has 1 aliphatic carbocycles. The highest BCUT2D eigenvalue weighted by Gasteiger charge is 2.34. The number of nitrogen functional groups attached to an aromatic ring is 1. The molecule has 2 heterocycles. The molecule has 4 nitrogen and oxygen atoms in total. The van der Waals surface area contributed by atoms with Gasteiger partial charge in [0, 0.05) is 18.7 Å². The summed E-state index contributed by atoms with van der Waals surface area (Å²) in [6.07, 6.45) is 3.83. The third kappa shape index (κ3) is 1.96. The first-order valence-corrected chi connectivity index (χ1v) is 7.27. The molecule has 0 spiro atoms. The van der Waals surface area contributed by atoms with Crippen LogP contribution in [0.2, 0.25) is 0 Å². The molecule has 5 heteroatoms. The Hall–Kier alpha value is -1.25. The molecule has 1 saturated carbocycles. The van der Waals surface area contributed by atoms with E-state index in [1.165, 1.54) is 34.7 Å². The monoisotopic (exact) mass is 263 g/mol. The second kappa shape index (κ2) is 4.45. The summed E-state index contributed by atoms with van der Waals surface area (Å²) in [6.45, 7) is 1.73. The number of hydrogen-bond donors (Lipinski definition) is 2. The van der Waals surface area contributed by atoms with Crippen molar-refractivity contribution in [1.29, 1.82) is 5.26 Å². The van der Waals surface area contributed by atoms with E-state index in [1.807, 2.05) is 0 Å². The average molecular weight is 263 g/mol. The molecular weight excluding hydrogens is 246 g/mol. The zero-order valence-electron chi connectivity index (χ0n) is 10.2. The van der Waals surface area contributed by atoms with Crippen molar-refractivity contribution < 1.29 is 5.11 Å². The summed E-state index contributed by atoms with van der Waals surface area (Å²) in [4.78, 5) is 2.94. The largest absolute Gasteiger partial charge is 0.397 e. The molecule has 3 rings (SSSR count). The fourth-order valence-corrected chi connectivity index (χ4v) is 3.75. The van der Waals surface area contributed by atoms with Gasteiger partial charge in [-0.25, -0.2) is 0 Å². The molecule has 1 aromatic heterocycles. The van der Waals surface area contributed by atoms with Crippen molar-refractivity contribution in [1.82, 2.24) is 0 Å². The predicted octanol–water partition coefficient (Wildman–Crippen LogP) is 2.04. The molecule has 1 saturated heterocycles. The van der Waals surface area contributed by atoms with Gasteiger partial charge in [0.1, 0.15) is 10.9 Å². The number of anilines is 2. The standard InChI is InChI=1S/C13H17N3OS/c14-7-10-12(15)11(8-1-2-8)13(18-10)16-5-3-9(17)4-6-16/h8-9,17H,1-6,15H2. The van der Waals surface area contributed by atoms with Gasteiger partial charge >= 0.3 is 0 Å². The van der Waals surface area contributed by atoms with Crippen LogP contribution in [0.1, 0.15) is 42.0 Å². The Morgan fingerprint density at radius 1 is 1.28 bits per heavy atom. The molecule has 0 atom stereocenters. The van der Waals surface area contributed by atoms with Gasteiger partial charge in [0.05, 0.1) is 16.8 Å². The summed E-state index contributed by atoms with van der Waals surface area (Å²) in [5.41, 5.74) is 8.00. The average Bonchev–Trinajstić information content (AvgIpc) is 3.15. The molecule has 18 heavy (non-hydrogen) atoms.